The Hall–Kier alpha value is -0.530. The minimum Gasteiger partial charge on any atom is -0.342 e. The molecule has 0 atom stereocenters. The maximum atomic E-state index is 12.7. The highest BCUT2D eigenvalue weighted by Gasteiger charge is 2.26. The predicted molar refractivity (Wildman–Crippen MR) is 96.1 cm³/mol. The summed E-state index contributed by atoms with van der Waals surface area (Å²) in [6.07, 6.45) is 17.7. The van der Waals surface area contributed by atoms with Crippen LogP contribution in [-0.4, -0.2) is 23.9 Å². The van der Waals surface area contributed by atoms with Crippen LogP contribution in [0.1, 0.15) is 104 Å². The second-order valence-corrected chi connectivity index (χ2v) is 7.14. The Kier molecular flexibility index (Phi) is 11.5. The fourth-order valence-electron chi connectivity index (χ4n) is 3.58. The average molecular weight is 310 g/mol. The molecule has 0 unspecified atom stereocenters. The molecule has 2 nitrogen and oxygen atoms in total. The Labute approximate surface area is 139 Å². The highest BCUT2D eigenvalue weighted by molar-refractivity contribution is 5.79. The van der Waals surface area contributed by atoms with Gasteiger partial charge in [0.15, 0.2) is 0 Å². The first kappa shape index (κ1) is 19.5. The average Bonchev–Trinajstić information content (AvgIpc) is 3.06. The monoisotopic (exact) mass is 309 g/mol. The highest BCUT2D eigenvalue weighted by Crippen LogP contribution is 2.27. The minimum atomic E-state index is 0.353. The Morgan fingerprint density at radius 2 is 1.23 bits per heavy atom. The van der Waals surface area contributed by atoms with Gasteiger partial charge in [-0.25, -0.2) is 0 Å². The van der Waals surface area contributed by atoms with E-state index in [-0.39, 0.29) is 0 Å². The molecule has 1 aliphatic carbocycles. The van der Waals surface area contributed by atoms with Gasteiger partial charge in [-0.3, -0.25) is 4.79 Å². The third-order valence-corrected chi connectivity index (χ3v) is 5.08. The van der Waals surface area contributed by atoms with Crippen LogP contribution in [0, 0.1) is 5.92 Å². The summed E-state index contributed by atoms with van der Waals surface area (Å²) in [6.45, 7) is 6.53. The van der Waals surface area contributed by atoms with Crippen LogP contribution in [0.15, 0.2) is 0 Å². The Bertz CT molecular complexity index is 257. The summed E-state index contributed by atoms with van der Waals surface area (Å²) in [7, 11) is 0. The van der Waals surface area contributed by atoms with Gasteiger partial charge in [0.1, 0.15) is 0 Å². The molecule has 1 fully saturated rings. The van der Waals surface area contributed by atoms with Gasteiger partial charge < -0.3 is 4.90 Å². The van der Waals surface area contributed by atoms with E-state index in [1.807, 2.05) is 0 Å². The molecule has 1 rings (SSSR count). The summed E-state index contributed by atoms with van der Waals surface area (Å²) in [5, 5.41) is 0. The minimum absolute atomic E-state index is 0.353. The predicted octanol–water partition coefficient (Wildman–Crippen LogP) is 5.95. The van der Waals surface area contributed by atoms with Gasteiger partial charge in [0.25, 0.3) is 0 Å². The highest BCUT2D eigenvalue weighted by atomic mass is 16.2. The van der Waals surface area contributed by atoms with Crippen LogP contribution in [-0.2, 0) is 4.79 Å². The quantitative estimate of drug-likeness (QED) is 0.385. The number of hydrogen-bond acceptors (Lipinski definition) is 1. The fourth-order valence-corrected chi connectivity index (χ4v) is 3.58. The molecule has 0 aromatic heterocycles. The first-order chi connectivity index (χ1) is 10.8. The van der Waals surface area contributed by atoms with Crippen molar-refractivity contribution in [3.05, 3.63) is 0 Å². The van der Waals surface area contributed by atoms with Crippen LogP contribution in [0.5, 0.6) is 0 Å². The number of unbranched alkanes of at least 4 members (excludes halogenated alkanes) is 8. The molecule has 0 radical (unpaired) electrons. The maximum Gasteiger partial charge on any atom is 0.225 e. The lowest BCUT2D eigenvalue weighted by molar-refractivity contribution is -0.135. The number of carbonyl (C=O) groups is 1. The van der Waals surface area contributed by atoms with E-state index in [0.29, 0.717) is 11.8 Å². The summed E-state index contributed by atoms with van der Waals surface area (Å²) in [6, 6.07) is 0. The Morgan fingerprint density at radius 3 is 1.68 bits per heavy atom. The largest absolute Gasteiger partial charge is 0.342 e. The van der Waals surface area contributed by atoms with Crippen LogP contribution in [0.25, 0.3) is 0 Å². The molecule has 1 aliphatic rings. The first-order valence-corrected chi connectivity index (χ1v) is 10.1. The van der Waals surface area contributed by atoms with Crippen LogP contribution in [0.3, 0.4) is 0 Å². The van der Waals surface area contributed by atoms with Crippen molar-refractivity contribution in [2.75, 3.05) is 13.1 Å². The molecular weight excluding hydrogens is 270 g/mol. The van der Waals surface area contributed by atoms with Crippen LogP contribution < -0.4 is 0 Å². The third kappa shape index (κ3) is 8.19. The number of hydrogen-bond donors (Lipinski definition) is 0. The maximum absolute atomic E-state index is 12.7. The van der Waals surface area contributed by atoms with Gasteiger partial charge in [0.2, 0.25) is 5.91 Å². The van der Waals surface area contributed by atoms with Crippen molar-refractivity contribution in [2.45, 2.75) is 104 Å². The zero-order valence-corrected chi connectivity index (χ0v) is 15.2. The lowest BCUT2D eigenvalue weighted by atomic mass is 10.1. The van der Waals surface area contributed by atoms with E-state index in [0.717, 1.165) is 25.9 Å². The van der Waals surface area contributed by atoms with Gasteiger partial charge in [-0.15, -0.1) is 0 Å². The van der Waals surface area contributed by atoms with E-state index in [9.17, 15) is 4.79 Å². The van der Waals surface area contributed by atoms with Crippen molar-refractivity contribution in [3.8, 4) is 0 Å². The molecule has 0 spiro atoms. The van der Waals surface area contributed by atoms with Gasteiger partial charge in [0.05, 0.1) is 0 Å². The van der Waals surface area contributed by atoms with Gasteiger partial charge in [-0.2, -0.15) is 0 Å². The Balaban J connectivity index is 2.29. The SMILES string of the molecule is CCCCCCCN(CCCCCCC)C(=O)C1CCCC1. The van der Waals surface area contributed by atoms with Crippen LogP contribution in [0.2, 0.25) is 0 Å². The van der Waals surface area contributed by atoms with E-state index in [1.54, 1.807) is 0 Å². The molecule has 0 N–H and O–H groups in total. The summed E-state index contributed by atoms with van der Waals surface area (Å²) < 4.78 is 0. The molecule has 2 heteroatoms. The van der Waals surface area contributed by atoms with Crippen molar-refractivity contribution in [1.29, 1.82) is 0 Å². The fraction of sp³-hybridized carbons (Fsp3) is 0.950. The lowest BCUT2D eigenvalue weighted by Crippen LogP contribution is -2.36. The van der Waals surface area contributed by atoms with E-state index < -0.39 is 0 Å². The van der Waals surface area contributed by atoms with Crippen molar-refractivity contribution in [1.82, 2.24) is 4.90 Å². The summed E-state index contributed by atoms with van der Waals surface area (Å²) in [4.78, 5) is 14.9. The molecule has 1 amide bonds. The van der Waals surface area contributed by atoms with E-state index in [2.05, 4.69) is 18.7 Å². The molecule has 0 saturated heterocycles. The third-order valence-electron chi connectivity index (χ3n) is 5.08. The molecule has 0 bridgehead atoms. The summed E-state index contributed by atoms with van der Waals surface area (Å²) in [5.41, 5.74) is 0. The van der Waals surface area contributed by atoms with Crippen LogP contribution >= 0.6 is 0 Å². The van der Waals surface area contributed by atoms with Crippen molar-refractivity contribution in [2.24, 2.45) is 5.92 Å². The second-order valence-electron chi connectivity index (χ2n) is 7.14. The number of rotatable bonds is 13. The van der Waals surface area contributed by atoms with Gasteiger partial charge in [-0.1, -0.05) is 78.1 Å². The van der Waals surface area contributed by atoms with E-state index in [4.69, 9.17) is 0 Å². The van der Waals surface area contributed by atoms with Crippen LogP contribution in [0.4, 0.5) is 0 Å². The molecule has 1 saturated carbocycles. The van der Waals surface area contributed by atoms with Gasteiger partial charge >= 0.3 is 0 Å². The second kappa shape index (κ2) is 13.0. The molecule has 0 aromatic carbocycles. The normalized spacial score (nSPS) is 15.4. The summed E-state index contributed by atoms with van der Waals surface area (Å²) in [5.74, 6) is 0.828. The van der Waals surface area contributed by atoms with E-state index in [1.165, 1.54) is 77.0 Å². The Morgan fingerprint density at radius 1 is 0.773 bits per heavy atom. The van der Waals surface area contributed by atoms with Crippen molar-refractivity contribution < 1.29 is 4.79 Å². The summed E-state index contributed by atoms with van der Waals surface area (Å²) >= 11 is 0. The number of amides is 1. The van der Waals surface area contributed by atoms with Gasteiger partial charge in [0, 0.05) is 19.0 Å². The standard InChI is InChI=1S/C20H39NO/c1-3-5-7-9-13-17-21(18-14-10-8-6-4-2)20(22)19-15-11-12-16-19/h19H,3-18H2,1-2H3. The zero-order valence-electron chi connectivity index (χ0n) is 15.2. The molecule has 0 aliphatic heterocycles. The molecule has 130 valence electrons. The zero-order chi connectivity index (χ0) is 16.0. The first-order valence-electron chi connectivity index (χ1n) is 10.1. The van der Waals surface area contributed by atoms with E-state index >= 15 is 0 Å². The lowest BCUT2D eigenvalue weighted by Gasteiger charge is -2.26. The smallest absolute Gasteiger partial charge is 0.225 e. The molecule has 0 heterocycles. The molecule has 0 aromatic rings. The van der Waals surface area contributed by atoms with Crippen molar-refractivity contribution >= 4 is 5.91 Å². The molecule has 22 heavy (non-hydrogen) atoms. The number of nitrogens with zero attached hydrogens (tertiary/aromatic N) is 1. The van der Waals surface area contributed by atoms with Crippen molar-refractivity contribution in [3.63, 3.8) is 0 Å². The molecular formula is C20H39NO. The number of carbonyl (C=O) groups excluding carboxylic acids is 1. The van der Waals surface area contributed by atoms with Gasteiger partial charge in [-0.05, 0) is 25.7 Å². The topological polar surface area (TPSA) is 20.3 Å².